The van der Waals surface area contributed by atoms with Crippen LogP contribution in [0.1, 0.15) is 37.7 Å². The third kappa shape index (κ3) is 3.84. The van der Waals surface area contributed by atoms with E-state index in [2.05, 4.69) is 23.8 Å². The highest BCUT2D eigenvalue weighted by molar-refractivity contribution is 5.84. The maximum atomic E-state index is 10.5. The first kappa shape index (κ1) is 12.4. The third-order valence-corrected chi connectivity index (χ3v) is 1.97. The largest absolute Gasteiger partial charge is 0.476 e. The molecule has 1 rings (SSSR count). The average Bonchev–Trinajstić information content (AvgIpc) is 2.16. The molecule has 0 aliphatic heterocycles. The number of hydrogen-bond acceptors (Lipinski definition) is 4. The normalized spacial score (nSPS) is 12.5. The van der Waals surface area contributed by atoms with Gasteiger partial charge in [0.1, 0.15) is 0 Å². The van der Waals surface area contributed by atoms with Crippen LogP contribution in [-0.4, -0.2) is 27.1 Å². The molecule has 0 amide bonds. The van der Waals surface area contributed by atoms with Crippen molar-refractivity contribution in [1.82, 2.24) is 9.97 Å². The summed E-state index contributed by atoms with van der Waals surface area (Å²) in [5.74, 6) is -0.186. The van der Waals surface area contributed by atoms with Crippen LogP contribution in [0.15, 0.2) is 12.4 Å². The van der Waals surface area contributed by atoms with E-state index in [0.29, 0.717) is 11.8 Å². The van der Waals surface area contributed by atoms with Gasteiger partial charge in [-0.3, -0.25) is 0 Å². The lowest BCUT2D eigenvalue weighted by Gasteiger charge is -2.15. The van der Waals surface area contributed by atoms with E-state index in [0.717, 1.165) is 6.42 Å². The van der Waals surface area contributed by atoms with Gasteiger partial charge in [0, 0.05) is 0 Å². The van der Waals surface area contributed by atoms with Gasteiger partial charge in [-0.05, 0) is 19.3 Å². The summed E-state index contributed by atoms with van der Waals surface area (Å²) in [4.78, 5) is 18.1. The first-order valence-electron chi connectivity index (χ1n) is 5.21. The predicted octanol–water partition coefficient (Wildman–Crippen LogP) is 1.99. The van der Waals surface area contributed by atoms with Gasteiger partial charge in [0.15, 0.2) is 5.69 Å². The predicted molar refractivity (Wildman–Crippen MR) is 58.5 cm³/mol. The zero-order valence-corrected chi connectivity index (χ0v) is 9.67. The maximum Gasteiger partial charge on any atom is 0.356 e. The SMILES string of the molecule is CC(C)CC(C)Oc1cnc(C(=O)O)cn1. The van der Waals surface area contributed by atoms with Crippen molar-refractivity contribution >= 4 is 5.97 Å². The molecule has 0 spiro atoms. The van der Waals surface area contributed by atoms with Crippen LogP contribution in [0.4, 0.5) is 0 Å². The molecule has 0 saturated heterocycles. The van der Waals surface area contributed by atoms with Gasteiger partial charge < -0.3 is 9.84 Å². The van der Waals surface area contributed by atoms with E-state index < -0.39 is 5.97 Å². The van der Waals surface area contributed by atoms with E-state index in [4.69, 9.17) is 9.84 Å². The molecule has 1 N–H and O–H groups in total. The molecule has 1 atom stereocenters. The summed E-state index contributed by atoms with van der Waals surface area (Å²) in [7, 11) is 0. The summed E-state index contributed by atoms with van der Waals surface area (Å²) >= 11 is 0. The van der Waals surface area contributed by atoms with Gasteiger partial charge in [0.2, 0.25) is 5.88 Å². The molecular formula is C11H16N2O3. The third-order valence-electron chi connectivity index (χ3n) is 1.97. The van der Waals surface area contributed by atoms with Gasteiger partial charge in [-0.1, -0.05) is 13.8 Å². The molecule has 0 aliphatic carbocycles. The number of aromatic nitrogens is 2. The summed E-state index contributed by atoms with van der Waals surface area (Å²) in [6.45, 7) is 6.17. The first-order valence-corrected chi connectivity index (χ1v) is 5.21. The molecule has 88 valence electrons. The number of ether oxygens (including phenoxy) is 1. The lowest BCUT2D eigenvalue weighted by Crippen LogP contribution is -2.15. The Bertz CT molecular complexity index is 349. The van der Waals surface area contributed by atoms with Crippen molar-refractivity contribution in [1.29, 1.82) is 0 Å². The van der Waals surface area contributed by atoms with Crippen LogP contribution in [0, 0.1) is 5.92 Å². The van der Waals surface area contributed by atoms with Crippen molar-refractivity contribution in [2.45, 2.75) is 33.3 Å². The molecule has 5 heteroatoms. The first-order chi connectivity index (χ1) is 7.49. The highest BCUT2D eigenvalue weighted by Crippen LogP contribution is 2.12. The van der Waals surface area contributed by atoms with Gasteiger partial charge in [-0.2, -0.15) is 0 Å². The minimum atomic E-state index is -1.09. The topological polar surface area (TPSA) is 72.3 Å². The minimum absolute atomic E-state index is 0.0463. The fraction of sp³-hybridized carbons (Fsp3) is 0.545. The zero-order chi connectivity index (χ0) is 12.1. The Balaban J connectivity index is 2.58. The highest BCUT2D eigenvalue weighted by atomic mass is 16.5. The average molecular weight is 224 g/mol. The van der Waals surface area contributed by atoms with E-state index in [1.165, 1.54) is 12.4 Å². The summed E-state index contributed by atoms with van der Waals surface area (Å²) < 4.78 is 5.49. The number of aromatic carboxylic acids is 1. The second-order valence-corrected chi connectivity index (χ2v) is 4.10. The molecule has 0 saturated carbocycles. The molecule has 1 aromatic rings. The molecule has 0 radical (unpaired) electrons. The van der Waals surface area contributed by atoms with Crippen molar-refractivity contribution in [3.63, 3.8) is 0 Å². The number of carbonyl (C=O) groups is 1. The maximum absolute atomic E-state index is 10.5. The van der Waals surface area contributed by atoms with Crippen LogP contribution in [0.2, 0.25) is 0 Å². The number of nitrogens with zero attached hydrogens (tertiary/aromatic N) is 2. The van der Waals surface area contributed by atoms with Crippen LogP contribution < -0.4 is 4.74 Å². The molecule has 1 aromatic heterocycles. The lowest BCUT2D eigenvalue weighted by atomic mass is 10.1. The van der Waals surface area contributed by atoms with E-state index in [1.54, 1.807) is 0 Å². The molecule has 1 heterocycles. The monoisotopic (exact) mass is 224 g/mol. The summed E-state index contributed by atoms with van der Waals surface area (Å²) in [6.07, 6.45) is 3.49. The summed E-state index contributed by atoms with van der Waals surface area (Å²) in [5.41, 5.74) is -0.0798. The van der Waals surface area contributed by atoms with Gasteiger partial charge in [-0.25, -0.2) is 14.8 Å². The van der Waals surface area contributed by atoms with Crippen LogP contribution >= 0.6 is 0 Å². The van der Waals surface area contributed by atoms with Crippen LogP contribution in [0.3, 0.4) is 0 Å². The molecule has 0 fully saturated rings. The molecule has 16 heavy (non-hydrogen) atoms. The van der Waals surface area contributed by atoms with Crippen LogP contribution in [0.25, 0.3) is 0 Å². The quantitative estimate of drug-likeness (QED) is 0.828. The van der Waals surface area contributed by atoms with Crippen molar-refractivity contribution in [2.75, 3.05) is 0 Å². The van der Waals surface area contributed by atoms with Crippen molar-refractivity contribution < 1.29 is 14.6 Å². The molecule has 0 aromatic carbocycles. The highest BCUT2D eigenvalue weighted by Gasteiger charge is 2.09. The van der Waals surface area contributed by atoms with Crippen molar-refractivity contribution in [3.05, 3.63) is 18.1 Å². The Morgan fingerprint density at radius 2 is 2.06 bits per heavy atom. The number of carboxylic acid groups (broad SMARTS) is 1. The van der Waals surface area contributed by atoms with E-state index in [-0.39, 0.29) is 11.8 Å². The summed E-state index contributed by atoms with van der Waals surface area (Å²) in [5, 5.41) is 8.63. The molecule has 1 unspecified atom stereocenters. The fourth-order valence-corrected chi connectivity index (χ4v) is 1.41. The van der Waals surface area contributed by atoms with Gasteiger partial charge in [0.25, 0.3) is 0 Å². The Labute approximate surface area is 94.5 Å². The standard InChI is InChI=1S/C11H16N2O3/c1-7(2)4-8(3)16-10-6-12-9(5-13-10)11(14)15/h5-8H,4H2,1-3H3,(H,14,15). The Morgan fingerprint density at radius 1 is 1.38 bits per heavy atom. The Morgan fingerprint density at radius 3 is 2.50 bits per heavy atom. The van der Waals surface area contributed by atoms with Crippen molar-refractivity contribution in [2.24, 2.45) is 5.92 Å². The zero-order valence-electron chi connectivity index (χ0n) is 9.67. The van der Waals surface area contributed by atoms with E-state index in [9.17, 15) is 4.79 Å². The lowest BCUT2D eigenvalue weighted by molar-refractivity contribution is 0.0689. The molecule has 0 bridgehead atoms. The smallest absolute Gasteiger partial charge is 0.356 e. The minimum Gasteiger partial charge on any atom is -0.476 e. The molecule has 0 aliphatic rings. The van der Waals surface area contributed by atoms with Gasteiger partial charge in [-0.15, -0.1) is 0 Å². The second-order valence-electron chi connectivity index (χ2n) is 4.10. The number of rotatable bonds is 5. The van der Waals surface area contributed by atoms with Crippen LogP contribution in [0.5, 0.6) is 5.88 Å². The second kappa shape index (κ2) is 5.44. The number of carboxylic acids is 1. The van der Waals surface area contributed by atoms with Gasteiger partial charge in [0.05, 0.1) is 18.5 Å². The molecule has 5 nitrogen and oxygen atoms in total. The Hall–Kier alpha value is -1.65. The van der Waals surface area contributed by atoms with E-state index in [1.807, 2.05) is 6.92 Å². The fourth-order valence-electron chi connectivity index (χ4n) is 1.41. The van der Waals surface area contributed by atoms with Crippen LogP contribution in [-0.2, 0) is 0 Å². The number of hydrogen-bond donors (Lipinski definition) is 1. The van der Waals surface area contributed by atoms with E-state index >= 15 is 0 Å². The molecular weight excluding hydrogens is 208 g/mol. The Kier molecular flexibility index (Phi) is 4.22. The summed E-state index contributed by atoms with van der Waals surface area (Å²) in [6, 6.07) is 0. The van der Waals surface area contributed by atoms with Gasteiger partial charge >= 0.3 is 5.97 Å². The van der Waals surface area contributed by atoms with Crippen molar-refractivity contribution in [3.8, 4) is 5.88 Å².